The standard InChI is InChI=1S/C21H28N2O2S.2ClH/c1-14-4-5-17-18(21(14)24)11-19(25-20(17)12-22)15-6-8-23(9-7-15)13-16-3-2-10-26-16;;/h2-5,10,15,19-20,24H,6-9,11-13,22H2,1H3;2*1H. The maximum Gasteiger partial charge on any atom is 0.122 e. The van der Waals surface area contributed by atoms with E-state index in [4.69, 9.17) is 10.5 Å². The highest BCUT2D eigenvalue weighted by atomic mass is 35.5. The maximum atomic E-state index is 10.6. The highest BCUT2D eigenvalue weighted by Gasteiger charge is 2.35. The zero-order valence-electron chi connectivity index (χ0n) is 16.2. The number of halogens is 2. The van der Waals surface area contributed by atoms with Gasteiger partial charge in [0.1, 0.15) is 5.75 Å². The van der Waals surface area contributed by atoms with Crippen LogP contribution >= 0.6 is 36.2 Å². The molecule has 0 amide bonds. The third-order valence-corrected chi connectivity index (χ3v) is 6.80. The Morgan fingerprint density at radius 3 is 2.61 bits per heavy atom. The van der Waals surface area contributed by atoms with Crippen molar-refractivity contribution in [2.75, 3.05) is 19.6 Å². The number of nitrogens with two attached hydrogens (primary N) is 1. The number of likely N-dealkylation sites (tertiary alicyclic amines) is 1. The predicted octanol–water partition coefficient (Wildman–Crippen LogP) is 4.46. The van der Waals surface area contributed by atoms with Crippen LogP contribution < -0.4 is 5.73 Å². The van der Waals surface area contributed by atoms with Gasteiger partial charge in [-0.3, -0.25) is 4.90 Å². The van der Waals surface area contributed by atoms with Crippen LogP contribution in [-0.2, 0) is 17.7 Å². The number of aromatic hydroxyl groups is 1. The zero-order valence-corrected chi connectivity index (χ0v) is 18.6. The van der Waals surface area contributed by atoms with Crippen molar-refractivity contribution in [2.24, 2.45) is 11.7 Å². The number of thiophene rings is 1. The Hall–Kier alpha value is -0.820. The second-order valence-electron chi connectivity index (χ2n) is 7.59. The largest absolute Gasteiger partial charge is 0.507 e. The first kappa shape index (κ1) is 23.5. The van der Waals surface area contributed by atoms with Crippen LogP contribution in [0.3, 0.4) is 0 Å². The molecule has 3 heterocycles. The van der Waals surface area contributed by atoms with Crippen molar-refractivity contribution < 1.29 is 9.84 Å². The molecule has 4 rings (SSSR count). The van der Waals surface area contributed by atoms with E-state index in [1.165, 1.54) is 4.88 Å². The number of phenolic OH excluding ortho intramolecular Hbond substituents is 1. The Labute approximate surface area is 183 Å². The number of rotatable bonds is 4. The number of hydrogen-bond donors (Lipinski definition) is 2. The second-order valence-corrected chi connectivity index (χ2v) is 8.63. The minimum atomic E-state index is -0.0978. The molecule has 3 N–H and O–H groups in total. The molecular weight excluding hydrogens is 415 g/mol. The van der Waals surface area contributed by atoms with Gasteiger partial charge in [0, 0.05) is 30.0 Å². The monoisotopic (exact) mass is 444 g/mol. The maximum absolute atomic E-state index is 10.6. The molecule has 2 aliphatic rings. The predicted molar refractivity (Wildman–Crippen MR) is 120 cm³/mol. The Bertz CT molecular complexity index is 749. The number of aryl methyl sites for hydroxylation is 1. The van der Waals surface area contributed by atoms with Crippen molar-refractivity contribution in [1.29, 1.82) is 0 Å². The molecule has 0 spiro atoms. The van der Waals surface area contributed by atoms with Gasteiger partial charge < -0.3 is 15.6 Å². The first-order valence-corrected chi connectivity index (χ1v) is 10.4. The smallest absolute Gasteiger partial charge is 0.122 e. The van der Waals surface area contributed by atoms with Gasteiger partial charge in [0.15, 0.2) is 0 Å². The molecule has 1 saturated heterocycles. The molecule has 2 atom stereocenters. The molecule has 2 aromatic rings. The van der Waals surface area contributed by atoms with Crippen LogP contribution in [0.5, 0.6) is 5.75 Å². The van der Waals surface area contributed by atoms with Crippen molar-refractivity contribution in [3.05, 3.63) is 51.2 Å². The van der Waals surface area contributed by atoms with E-state index in [1.807, 2.05) is 24.3 Å². The Morgan fingerprint density at radius 1 is 1.21 bits per heavy atom. The van der Waals surface area contributed by atoms with Crippen LogP contribution in [0.25, 0.3) is 0 Å². The summed E-state index contributed by atoms with van der Waals surface area (Å²) in [5.41, 5.74) is 9.04. The Balaban J connectivity index is 0.00000140. The van der Waals surface area contributed by atoms with Gasteiger partial charge in [0.05, 0.1) is 12.2 Å². The molecule has 156 valence electrons. The fourth-order valence-electron chi connectivity index (χ4n) is 4.38. The third kappa shape index (κ3) is 4.84. The summed E-state index contributed by atoms with van der Waals surface area (Å²) in [4.78, 5) is 3.98. The fraction of sp³-hybridized carbons (Fsp3) is 0.524. The lowest BCUT2D eigenvalue weighted by Gasteiger charge is -2.40. The molecule has 1 aromatic carbocycles. The SMILES string of the molecule is Cc1ccc2c(c1O)CC(C1CCN(Cc3cccs3)CC1)OC2CN.Cl.Cl. The van der Waals surface area contributed by atoms with Gasteiger partial charge in [-0.15, -0.1) is 36.2 Å². The van der Waals surface area contributed by atoms with E-state index in [0.717, 1.165) is 55.6 Å². The second kappa shape index (κ2) is 10.3. The summed E-state index contributed by atoms with van der Waals surface area (Å²) in [6.45, 7) is 5.71. The van der Waals surface area contributed by atoms with Crippen LogP contribution in [0.15, 0.2) is 29.6 Å². The lowest BCUT2D eigenvalue weighted by atomic mass is 9.83. The molecule has 0 bridgehead atoms. The van der Waals surface area contributed by atoms with E-state index >= 15 is 0 Å². The number of phenols is 1. The summed E-state index contributed by atoms with van der Waals surface area (Å²) in [5, 5.41) is 12.7. The molecule has 0 radical (unpaired) electrons. The van der Waals surface area contributed by atoms with E-state index in [2.05, 4.69) is 28.5 Å². The highest BCUT2D eigenvalue weighted by molar-refractivity contribution is 7.09. The topological polar surface area (TPSA) is 58.7 Å². The zero-order chi connectivity index (χ0) is 18.1. The van der Waals surface area contributed by atoms with Gasteiger partial charge in [-0.25, -0.2) is 0 Å². The minimum Gasteiger partial charge on any atom is -0.507 e. The molecule has 4 nitrogen and oxygen atoms in total. The van der Waals surface area contributed by atoms with Crippen molar-refractivity contribution in [1.82, 2.24) is 4.90 Å². The van der Waals surface area contributed by atoms with Gasteiger partial charge in [-0.05, 0) is 61.3 Å². The van der Waals surface area contributed by atoms with E-state index in [0.29, 0.717) is 18.2 Å². The number of piperidine rings is 1. The van der Waals surface area contributed by atoms with E-state index in [-0.39, 0.29) is 37.0 Å². The van der Waals surface area contributed by atoms with E-state index in [9.17, 15) is 5.11 Å². The minimum absolute atomic E-state index is 0. The van der Waals surface area contributed by atoms with E-state index in [1.54, 1.807) is 0 Å². The van der Waals surface area contributed by atoms with Crippen molar-refractivity contribution in [2.45, 2.75) is 44.9 Å². The summed E-state index contributed by atoms with van der Waals surface area (Å²) in [5.74, 6) is 0.973. The molecule has 0 aliphatic carbocycles. The fourth-order valence-corrected chi connectivity index (χ4v) is 5.13. The number of ether oxygens (including phenoxy) is 1. The van der Waals surface area contributed by atoms with E-state index < -0.39 is 0 Å². The highest BCUT2D eigenvalue weighted by Crippen LogP contribution is 2.40. The summed E-state index contributed by atoms with van der Waals surface area (Å²) in [7, 11) is 0. The number of nitrogens with zero attached hydrogens (tertiary/aromatic N) is 1. The molecule has 28 heavy (non-hydrogen) atoms. The number of benzene rings is 1. The molecule has 1 fully saturated rings. The van der Waals surface area contributed by atoms with Gasteiger partial charge in [0.25, 0.3) is 0 Å². The van der Waals surface area contributed by atoms with Crippen LogP contribution in [0.2, 0.25) is 0 Å². The van der Waals surface area contributed by atoms with Crippen molar-refractivity contribution in [3.8, 4) is 5.75 Å². The summed E-state index contributed by atoms with van der Waals surface area (Å²) in [6, 6.07) is 8.38. The average molecular weight is 445 g/mol. The normalized spacial score (nSPS) is 22.8. The summed E-state index contributed by atoms with van der Waals surface area (Å²) in [6.07, 6.45) is 3.16. The van der Waals surface area contributed by atoms with Crippen LogP contribution in [0.4, 0.5) is 0 Å². The quantitative estimate of drug-likeness (QED) is 0.730. The van der Waals surface area contributed by atoms with Gasteiger partial charge in [-0.1, -0.05) is 18.2 Å². The van der Waals surface area contributed by atoms with Gasteiger partial charge >= 0.3 is 0 Å². The molecule has 0 saturated carbocycles. The molecule has 7 heteroatoms. The first-order valence-electron chi connectivity index (χ1n) is 9.57. The molecular formula is C21H30Cl2N2O2S. The lowest BCUT2D eigenvalue weighted by molar-refractivity contribution is -0.0650. The van der Waals surface area contributed by atoms with Gasteiger partial charge in [0.2, 0.25) is 0 Å². The van der Waals surface area contributed by atoms with Crippen molar-refractivity contribution >= 4 is 36.2 Å². The molecule has 1 aromatic heterocycles. The average Bonchev–Trinajstić information content (AvgIpc) is 3.17. The van der Waals surface area contributed by atoms with Crippen LogP contribution in [0.1, 0.15) is 40.5 Å². The third-order valence-electron chi connectivity index (χ3n) is 5.94. The number of fused-ring (bicyclic) bond motifs is 1. The van der Waals surface area contributed by atoms with Crippen LogP contribution in [0, 0.1) is 12.8 Å². The van der Waals surface area contributed by atoms with Crippen LogP contribution in [-0.4, -0.2) is 35.7 Å². The summed E-state index contributed by atoms with van der Waals surface area (Å²) >= 11 is 1.84. The van der Waals surface area contributed by atoms with Gasteiger partial charge in [-0.2, -0.15) is 0 Å². The summed E-state index contributed by atoms with van der Waals surface area (Å²) < 4.78 is 6.38. The Kier molecular flexibility index (Phi) is 8.61. The van der Waals surface area contributed by atoms with Crippen molar-refractivity contribution in [3.63, 3.8) is 0 Å². The number of hydrogen-bond acceptors (Lipinski definition) is 5. The Morgan fingerprint density at radius 2 is 1.96 bits per heavy atom. The lowest BCUT2D eigenvalue weighted by Crippen LogP contribution is -2.41. The molecule has 2 aliphatic heterocycles. The first-order chi connectivity index (χ1) is 12.7. The molecule has 2 unspecified atom stereocenters.